The third-order valence-corrected chi connectivity index (χ3v) is 5.77. The Bertz CT molecular complexity index is 862. The van der Waals surface area contributed by atoms with Gasteiger partial charge in [-0.05, 0) is 55.7 Å². The second-order valence-corrected chi connectivity index (χ2v) is 7.77. The van der Waals surface area contributed by atoms with Gasteiger partial charge in [-0.1, -0.05) is 12.1 Å². The normalized spacial score (nSPS) is 15.2. The van der Waals surface area contributed by atoms with Gasteiger partial charge in [0.25, 0.3) is 0 Å². The summed E-state index contributed by atoms with van der Waals surface area (Å²) in [6.07, 6.45) is 8.28. The van der Waals surface area contributed by atoms with Crippen LogP contribution in [0.1, 0.15) is 31.0 Å². The second kappa shape index (κ2) is 11.5. The van der Waals surface area contributed by atoms with E-state index in [0.717, 1.165) is 50.2 Å². The molecule has 0 saturated carbocycles. The van der Waals surface area contributed by atoms with Crippen LogP contribution in [0.2, 0.25) is 0 Å². The van der Waals surface area contributed by atoms with Gasteiger partial charge in [-0.2, -0.15) is 0 Å². The summed E-state index contributed by atoms with van der Waals surface area (Å²) in [6, 6.07) is 12.0. The first-order chi connectivity index (χ1) is 15.1. The molecule has 3 rings (SSSR count). The Balaban J connectivity index is 1.48. The van der Waals surface area contributed by atoms with E-state index < -0.39 is 0 Å². The van der Waals surface area contributed by atoms with Crippen LogP contribution in [-0.2, 0) is 11.2 Å². The minimum atomic E-state index is 0.0276. The lowest BCUT2D eigenvalue weighted by Gasteiger charge is -2.36. The van der Waals surface area contributed by atoms with E-state index in [1.165, 1.54) is 0 Å². The molecule has 0 bridgehead atoms. The van der Waals surface area contributed by atoms with Crippen LogP contribution >= 0.6 is 0 Å². The number of rotatable bonds is 9. The number of hydrogen-bond acceptors (Lipinski definition) is 5. The average Bonchev–Trinajstić information content (AvgIpc) is 2.82. The molecule has 1 aromatic heterocycles. The van der Waals surface area contributed by atoms with E-state index in [-0.39, 0.29) is 11.9 Å². The molecule has 1 saturated heterocycles. The zero-order valence-corrected chi connectivity index (χ0v) is 18.8. The lowest BCUT2D eigenvalue weighted by atomic mass is 10.0. The molecular weight excluding hydrogens is 390 g/mol. The Hall–Kier alpha value is -2.86. The SMILES string of the molecule is CCOc1ccc(/C=C/C(=O)N(C)C2CCN(CCc3ccccn3)CC2)cc1OC. The van der Waals surface area contributed by atoms with E-state index in [9.17, 15) is 4.79 Å². The number of aromatic nitrogens is 1. The Morgan fingerprint density at radius 1 is 1.23 bits per heavy atom. The van der Waals surface area contributed by atoms with Crippen molar-refractivity contribution in [2.45, 2.75) is 32.2 Å². The summed E-state index contributed by atoms with van der Waals surface area (Å²) in [7, 11) is 3.52. The number of carbonyl (C=O) groups is 1. The van der Waals surface area contributed by atoms with Crippen LogP contribution < -0.4 is 9.47 Å². The van der Waals surface area contributed by atoms with Crippen molar-refractivity contribution in [1.29, 1.82) is 0 Å². The maximum Gasteiger partial charge on any atom is 0.246 e. The zero-order valence-electron chi connectivity index (χ0n) is 18.8. The fourth-order valence-electron chi connectivity index (χ4n) is 3.88. The molecule has 166 valence electrons. The largest absolute Gasteiger partial charge is 0.493 e. The molecule has 1 fully saturated rings. The van der Waals surface area contributed by atoms with Crippen molar-refractivity contribution < 1.29 is 14.3 Å². The smallest absolute Gasteiger partial charge is 0.246 e. The molecule has 2 aromatic rings. The highest BCUT2D eigenvalue weighted by Crippen LogP contribution is 2.28. The van der Waals surface area contributed by atoms with Gasteiger partial charge in [-0.15, -0.1) is 0 Å². The molecule has 0 N–H and O–H groups in total. The molecule has 0 unspecified atom stereocenters. The van der Waals surface area contributed by atoms with Gasteiger partial charge < -0.3 is 19.3 Å². The number of ether oxygens (including phenoxy) is 2. The number of piperidine rings is 1. The summed E-state index contributed by atoms with van der Waals surface area (Å²) in [5, 5.41) is 0. The molecular formula is C25H33N3O3. The Morgan fingerprint density at radius 2 is 2.03 bits per heavy atom. The summed E-state index contributed by atoms with van der Waals surface area (Å²) in [5.74, 6) is 1.41. The lowest BCUT2D eigenvalue weighted by molar-refractivity contribution is -0.127. The maximum atomic E-state index is 12.7. The van der Waals surface area contributed by atoms with Gasteiger partial charge in [-0.25, -0.2) is 0 Å². The quantitative estimate of drug-likeness (QED) is 0.576. The van der Waals surface area contributed by atoms with Crippen LogP contribution in [0.25, 0.3) is 6.08 Å². The number of likely N-dealkylation sites (N-methyl/N-ethyl adjacent to an activating group) is 1. The Labute approximate surface area is 185 Å². The minimum Gasteiger partial charge on any atom is -0.493 e. The first-order valence-electron chi connectivity index (χ1n) is 11.0. The van der Waals surface area contributed by atoms with E-state index in [4.69, 9.17) is 9.47 Å². The molecule has 1 aliphatic rings. The fourth-order valence-corrected chi connectivity index (χ4v) is 3.88. The van der Waals surface area contributed by atoms with Crippen molar-refractivity contribution in [2.75, 3.05) is 40.4 Å². The van der Waals surface area contributed by atoms with Crippen LogP contribution in [0.3, 0.4) is 0 Å². The predicted octanol–water partition coefficient (Wildman–Crippen LogP) is 3.67. The van der Waals surface area contributed by atoms with E-state index >= 15 is 0 Å². The van der Waals surface area contributed by atoms with Crippen molar-refractivity contribution in [3.8, 4) is 11.5 Å². The first-order valence-corrected chi connectivity index (χ1v) is 11.0. The first kappa shape index (κ1) is 22.8. The van der Waals surface area contributed by atoms with E-state index in [0.29, 0.717) is 18.1 Å². The van der Waals surface area contributed by atoms with Crippen molar-refractivity contribution in [2.24, 2.45) is 0 Å². The lowest BCUT2D eigenvalue weighted by Crippen LogP contribution is -2.45. The van der Waals surface area contributed by atoms with Crippen LogP contribution in [-0.4, -0.2) is 67.1 Å². The molecule has 0 spiro atoms. The van der Waals surface area contributed by atoms with Gasteiger partial charge in [0.05, 0.1) is 13.7 Å². The molecule has 1 amide bonds. The molecule has 2 heterocycles. The molecule has 0 radical (unpaired) electrons. The number of pyridine rings is 1. The molecule has 31 heavy (non-hydrogen) atoms. The maximum absolute atomic E-state index is 12.7. The monoisotopic (exact) mass is 423 g/mol. The van der Waals surface area contributed by atoms with Gasteiger partial charge in [0.2, 0.25) is 5.91 Å². The number of likely N-dealkylation sites (tertiary alicyclic amines) is 1. The standard InChI is InChI=1S/C25H33N3O3/c1-4-31-23-10-8-20(19-24(23)30-3)9-11-25(29)27(2)22-13-17-28(18-14-22)16-12-21-7-5-6-15-26-21/h5-11,15,19,22H,4,12-14,16-18H2,1-3H3/b11-9+. The highest BCUT2D eigenvalue weighted by atomic mass is 16.5. The Kier molecular flexibility index (Phi) is 8.47. The third kappa shape index (κ3) is 6.56. The third-order valence-electron chi connectivity index (χ3n) is 5.77. The molecule has 0 aliphatic carbocycles. The van der Waals surface area contributed by atoms with E-state index in [1.54, 1.807) is 13.2 Å². The highest BCUT2D eigenvalue weighted by molar-refractivity contribution is 5.91. The van der Waals surface area contributed by atoms with Crippen molar-refractivity contribution in [3.05, 3.63) is 59.9 Å². The topological polar surface area (TPSA) is 54.9 Å². The van der Waals surface area contributed by atoms with Gasteiger partial charge in [0.1, 0.15) is 0 Å². The summed E-state index contributed by atoms with van der Waals surface area (Å²) in [6.45, 7) is 5.55. The summed E-state index contributed by atoms with van der Waals surface area (Å²) in [4.78, 5) is 21.4. The van der Waals surface area contributed by atoms with Gasteiger partial charge >= 0.3 is 0 Å². The van der Waals surface area contributed by atoms with Crippen molar-refractivity contribution >= 4 is 12.0 Å². The molecule has 0 atom stereocenters. The van der Waals surface area contributed by atoms with Crippen molar-refractivity contribution in [1.82, 2.24) is 14.8 Å². The number of methoxy groups -OCH3 is 1. The second-order valence-electron chi connectivity index (χ2n) is 7.77. The average molecular weight is 424 g/mol. The number of amides is 1. The van der Waals surface area contributed by atoms with Crippen LogP contribution in [0.5, 0.6) is 11.5 Å². The Morgan fingerprint density at radius 3 is 2.71 bits per heavy atom. The zero-order chi connectivity index (χ0) is 22.1. The number of benzene rings is 1. The minimum absolute atomic E-state index is 0.0276. The molecule has 1 aromatic carbocycles. The molecule has 6 heteroatoms. The van der Waals surface area contributed by atoms with Crippen molar-refractivity contribution in [3.63, 3.8) is 0 Å². The number of nitrogens with zero attached hydrogens (tertiary/aromatic N) is 3. The van der Waals surface area contributed by atoms with E-state index in [2.05, 4.69) is 16.0 Å². The van der Waals surface area contributed by atoms with Crippen LogP contribution in [0, 0.1) is 0 Å². The summed E-state index contributed by atoms with van der Waals surface area (Å²) in [5.41, 5.74) is 2.04. The highest BCUT2D eigenvalue weighted by Gasteiger charge is 2.24. The van der Waals surface area contributed by atoms with Gasteiger partial charge in [0, 0.05) is 57.1 Å². The van der Waals surface area contributed by atoms with Gasteiger partial charge in [0.15, 0.2) is 11.5 Å². The van der Waals surface area contributed by atoms with Crippen LogP contribution in [0.4, 0.5) is 0 Å². The summed E-state index contributed by atoms with van der Waals surface area (Å²) >= 11 is 0. The van der Waals surface area contributed by atoms with Crippen LogP contribution in [0.15, 0.2) is 48.7 Å². The predicted molar refractivity (Wildman–Crippen MR) is 123 cm³/mol. The number of carbonyl (C=O) groups excluding carboxylic acids is 1. The summed E-state index contributed by atoms with van der Waals surface area (Å²) < 4.78 is 10.9. The fraction of sp³-hybridized carbons (Fsp3) is 0.440. The molecule has 6 nitrogen and oxygen atoms in total. The van der Waals surface area contributed by atoms with Gasteiger partial charge in [-0.3, -0.25) is 9.78 Å². The van der Waals surface area contributed by atoms with E-state index in [1.807, 2.05) is 61.5 Å². The molecule has 1 aliphatic heterocycles. The number of hydrogen-bond donors (Lipinski definition) is 0.